The molecule has 0 fully saturated rings. The van der Waals surface area contributed by atoms with Crippen LogP contribution in [0.5, 0.6) is 0 Å². The Morgan fingerprint density at radius 2 is 0.944 bits per heavy atom. The lowest BCUT2D eigenvalue weighted by Crippen LogP contribution is -2.13. The Morgan fingerprint density at radius 1 is 0.500 bits per heavy atom. The first-order valence-corrected chi connectivity index (χ1v) is 8.24. The van der Waals surface area contributed by atoms with Crippen LogP contribution in [0.25, 0.3) is 0 Å². The Morgan fingerprint density at radius 3 is 1.33 bits per heavy atom. The van der Waals surface area contributed by atoms with Crippen molar-refractivity contribution in [1.29, 1.82) is 0 Å². The molecule has 0 aliphatic carbocycles. The van der Waals surface area contributed by atoms with Crippen molar-refractivity contribution >= 4 is 0 Å². The largest absolute Gasteiger partial charge is 0.317 e. The van der Waals surface area contributed by atoms with Crippen molar-refractivity contribution in [2.75, 3.05) is 26.2 Å². The second-order valence-corrected chi connectivity index (χ2v) is 4.79. The van der Waals surface area contributed by atoms with Gasteiger partial charge in [0, 0.05) is 0 Å². The van der Waals surface area contributed by atoms with Crippen LogP contribution in [-0.2, 0) is 0 Å². The lowest BCUT2D eigenvalue weighted by molar-refractivity contribution is 0.560. The second kappa shape index (κ2) is 22.1. The topological polar surface area (TPSA) is 24.1 Å². The van der Waals surface area contributed by atoms with Crippen LogP contribution < -0.4 is 10.6 Å². The molecule has 0 radical (unpaired) electrons. The second-order valence-electron chi connectivity index (χ2n) is 4.79. The third kappa shape index (κ3) is 24.9. The van der Waals surface area contributed by atoms with Crippen molar-refractivity contribution in [3.63, 3.8) is 0 Å². The zero-order valence-corrected chi connectivity index (χ0v) is 13.5. The lowest BCUT2D eigenvalue weighted by atomic mass is 10.1. The minimum atomic E-state index is 1.09. The highest BCUT2D eigenvalue weighted by Gasteiger charge is 1.90. The monoisotopic (exact) mass is 258 g/mol. The number of hydrogen-bond donors (Lipinski definition) is 2. The maximum absolute atomic E-state index is 3.36. The van der Waals surface area contributed by atoms with Crippen molar-refractivity contribution in [2.45, 2.75) is 79.1 Å². The molecule has 0 aliphatic heterocycles. The summed E-state index contributed by atoms with van der Waals surface area (Å²) in [4.78, 5) is 0. The van der Waals surface area contributed by atoms with Gasteiger partial charge in [-0.2, -0.15) is 0 Å². The SMILES string of the molecule is CCCCCCCCCCNCC.CCNCC. The highest BCUT2D eigenvalue weighted by atomic mass is 14.8. The number of unbranched alkanes of at least 4 members (excludes halogenated alkanes) is 7. The normalized spacial score (nSPS) is 10.0. The molecule has 0 spiro atoms. The van der Waals surface area contributed by atoms with E-state index in [1.165, 1.54) is 57.9 Å². The Bertz CT molecular complexity index is 104. The molecule has 0 bridgehead atoms. The predicted octanol–water partition coefficient (Wildman–Crippen LogP) is 4.35. The standard InChI is InChI=1S/C12H27N.C4H11N/c1-3-5-6-7-8-9-10-11-12-13-4-2;1-3-5-4-2/h13H,3-12H2,1-2H3;5H,3-4H2,1-2H3. The summed E-state index contributed by atoms with van der Waals surface area (Å²) in [5.41, 5.74) is 0. The van der Waals surface area contributed by atoms with Gasteiger partial charge >= 0.3 is 0 Å². The predicted molar refractivity (Wildman–Crippen MR) is 85.4 cm³/mol. The summed E-state index contributed by atoms with van der Waals surface area (Å²) in [5.74, 6) is 0. The van der Waals surface area contributed by atoms with Crippen LogP contribution in [-0.4, -0.2) is 26.2 Å². The summed E-state index contributed by atoms with van der Waals surface area (Å²) in [7, 11) is 0. The summed E-state index contributed by atoms with van der Waals surface area (Å²) < 4.78 is 0. The maximum Gasteiger partial charge on any atom is -0.00490 e. The molecule has 0 saturated carbocycles. The molecule has 2 nitrogen and oxygen atoms in total. The molecular weight excluding hydrogens is 220 g/mol. The highest BCUT2D eigenvalue weighted by Crippen LogP contribution is 2.07. The molecule has 0 aromatic rings. The summed E-state index contributed by atoms with van der Waals surface area (Å²) in [6, 6.07) is 0. The average molecular weight is 258 g/mol. The molecule has 0 unspecified atom stereocenters. The van der Waals surface area contributed by atoms with E-state index < -0.39 is 0 Å². The Hall–Kier alpha value is -0.0800. The van der Waals surface area contributed by atoms with Gasteiger partial charge in [-0.15, -0.1) is 0 Å². The fourth-order valence-electron chi connectivity index (χ4n) is 1.81. The van der Waals surface area contributed by atoms with E-state index in [0.717, 1.165) is 19.6 Å². The van der Waals surface area contributed by atoms with Gasteiger partial charge in [-0.1, -0.05) is 72.6 Å². The third-order valence-electron chi connectivity index (χ3n) is 2.96. The minimum Gasteiger partial charge on any atom is -0.317 e. The molecule has 0 aromatic carbocycles. The first kappa shape index (κ1) is 20.2. The van der Waals surface area contributed by atoms with Crippen molar-refractivity contribution in [2.24, 2.45) is 0 Å². The molecular formula is C16H38N2. The fraction of sp³-hybridized carbons (Fsp3) is 1.00. The molecule has 0 aromatic heterocycles. The molecule has 0 atom stereocenters. The molecule has 0 saturated heterocycles. The van der Waals surface area contributed by atoms with Crippen molar-refractivity contribution in [3.8, 4) is 0 Å². The Kier molecular flexibility index (Phi) is 24.9. The molecule has 0 heterocycles. The van der Waals surface area contributed by atoms with Crippen molar-refractivity contribution in [1.82, 2.24) is 10.6 Å². The van der Waals surface area contributed by atoms with Crippen LogP contribution in [0, 0.1) is 0 Å². The van der Waals surface area contributed by atoms with E-state index in [0.29, 0.717) is 0 Å². The van der Waals surface area contributed by atoms with E-state index in [2.05, 4.69) is 38.3 Å². The van der Waals surface area contributed by atoms with Crippen LogP contribution in [0.3, 0.4) is 0 Å². The lowest BCUT2D eigenvalue weighted by Gasteiger charge is -2.01. The van der Waals surface area contributed by atoms with Crippen molar-refractivity contribution in [3.05, 3.63) is 0 Å². The minimum absolute atomic E-state index is 1.09. The fourth-order valence-corrected chi connectivity index (χ4v) is 1.81. The van der Waals surface area contributed by atoms with Crippen LogP contribution in [0.2, 0.25) is 0 Å². The molecule has 2 N–H and O–H groups in total. The molecule has 2 heteroatoms. The highest BCUT2D eigenvalue weighted by molar-refractivity contribution is 4.48. The van der Waals surface area contributed by atoms with E-state index in [1.807, 2.05) is 0 Å². The van der Waals surface area contributed by atoms with Gasteiger partial charge in [0.05, 0.1) is 0 Å². The van der Waals surface area contributed by atoms with Gasteiger partial charge in [0.2, 0.25) is 0 Å². The number of nitrogens with one attached hydrogen (secondary N) is 2. The number of hydrogen-bond acceptors (Lipinski definition) is 2. The number of rotatable bonds is 12. The van der Waals surface area contributed by atoms with Crippen LogP contribution in [0.1, 0.15) is 79.1 Å². The van der Waals surface area contributed by atoms with Crippen molar-refractivity contribution < 1.29 is 0 Å². The van der Waals surface area contributed by atoms with Gasteiger partial charge in [-0.05, 0) is 32.6 Å². The third-order valence-corrected chi connectivity index (χ3v) is 2.96. The Balaban J connectivity index is 0. The van der Waals surface area contributed by atoms with E-state index in [-0.39, 0.29) is 0 Å². The van der Waals surface area contributed by atoms with E-state index in [1.54, 1.807) is 0 Å². The van der Waals surface area contributed by atoms with Gasteiger partial charge in [-0.3, -0.25) is 0 Å². The molecule has 112 valence electrons. The van der Waals surface area contributed by atoms with E-state index in [4.69, 9.17) is 0 Å². The molecule has 0 rings (SSSR count). The zero-order chi connectivity index (χ0) is 13.9. The zero-order valence-electron chi connectivity index (χ0n) is 13.5. The van der Waals surface area contributed by atoms with Crippen LogP contribution >= 0.6 is 0 Å². The van der Waals surface area contributed by atoms with Gasteiger partial charge < -0.3 is 10.6 Å². The summed E-state index contributed by atoms with van der Waals surface area (Å²) >= 11 is 0. The summed E-state index contributed by atoms with van der Waals surface area (Å²) in [6.07, 6.45) is 11.4. The van der Waals surface area contributed by atoms with E-state index in [9.17, 15) is 0 Å². The molecule has 0 aliphatic rings. The molecule has 0 amide bonds. The summed E-state index contributed by atoms with van der Waals surface area (Å²) in [5, 5.41) is 6.47. The van der Waals surface area contributed by atoms with Gasteiger partial charge in [-0.25, -0.2) is 0 Å². The average Bonchev–Trinajstić information content (AvgIpc) is 2.39. The van der Waals surface area contributed by atoms with Gasteiger partial charge in [0.15, 0.2) is 0 Å². The van der Waals surface area contributed by atoms with Crippen LogP contribution in [0.4, 0.5) is 0 Å². The summed E-state index contributed by atoms with van der Waals surface area (Å²) in [6.45, 7) is 13.2. The van der Waals surface area contributed by atoms with Gasteiger partial charge in [0.25, 0.3) is 0 Å². The smallest absolute Gasteiger partial charge is 0.00490 e. The van der Waals surface area contributed by atoms with Gasteiger partial charge in [0.1, 0.15) is 0 Å². The quantitative estimate of drug-likeness (QED) is 0.508. The Labute approximate surface area is 116 Å². The first-order chi connectivity index (χ1) is 8.83. The maximum atomic E-state index is 3.36. The molecule has 18 heavy (non-hydrogen) atoms. The first-order valence-electron chi connectivity index (χ1n) is 8.24. The van der Waals surface area contributed by atoms with Crippen LogP contribution in [0.15, 0.2) is 0 Å². The van der Waals surface area contributed by atoms with E-state index >= 15 is 0 Å².